The van der Waals surface area contributed by atoms with Crippen LogP contribution in [0.2, 0.25) is 0 Å². The van der Waals surface area contributed by atoms with Crippen molar-refractivity contribution in [3.63, 3.8) is 0 Å². The number of hydrogen-bond donors (Lipinski definition) is 3. The van der Waals surface area contributed by atoms with Crippen molar-refractivity contribution in [2.45, 2.75) is 57.4 Å². The van der Waals surface area contributed by atoms with E-state index in [2.05, 4.69) is 20.1 Å². The highest BCUT2D eigenvalue weighted by Gasteiger charge is 2.48. The Morgan fingerprint density at radius 3 is 2.28 bits per heavy atom. The number of nitrogens with zero attached hydrogens (tertiary/aromatic N) is 3. The van der Waals surface area contributed by atoms with E-state index < -0.39 is 73.7 Å². The molecule has 1 aliphatic heterocycles. The van der Waals surface area contributed by atoms with Gasteiger partial charge in [-0.05, 0) is 5.53 Å². The molecule has 1 saturated heterocycles. The lowest BCUT2D eigenvalue weighted by atomic mass is 9.96. The van der Waals surface area contributed by atoms with E-state index in [1.165, 1.54) is 0 Å². The molecule has 29 heavy (non-hydrogen) atoms. The summed E-state index contributed by atoms with van der Waals surface area (Å²) >= 11 is 0. The summed E-state index contributed by atoms with van der Waals surface area (Å²) in [5.74, 6) is -3.60. The van der Waals surface area contributed by atoms with Gasteiger partial charge in [0.05, 0.1) is 0 Å². The number of rotatable bonds is 9. The van der Waals surface area contributed by atoms with Crippen LogP contribution in [-0.2, 0) is 38.1 Å². The van der Waals surface area contributed by atoms with Gasteiger partial charge in [0, 0.05) is 25.7 Å². The minimum atomic E-state index is -1.62. The van der Waals surface area contributed by atoms with Crippen molar-refractivity contribution in [2.75, 3.05) is 13.2 Å². The third kappa shape index (κ3) is 7.54. The molecular formula is C15H22N4O10. The third-order valence-electron chi connectivity index (χ3n) is 3.74. The van der Waals surface area contributed by atoms with Gasteiger partial charge >= 0.3 is 23.9 Å². The fraction of sp³-hybridized carbons (Fsp3) is 0.733. The predicted octanol–water partition coefficient (Wildman–Crippen LogP) is -1.15. The Hall–Kier alpha value is -2.93. The van der Waals surface area contributed by atoms with Gasteiger partial charge in [0.25, 0.3) is 0 Å². The number of azide groups is 1. The summed E-state index contributed by atoms with van der Waals surface area (Å²) in [7, 11) is 0. The third-order valence-corrected chi connectivity index (χ3v) is 3.74. The first kappa shape index (κ1) is 24.1. The van der Waals surface area contributed by atoms with Gasteiger partial charge in [0.1, 0.15) is 43.7 Å². The summed E-state index contributed by atoms with van der Waals surface area (Å²) in [4.78, 5) is 47.4. The van der Waals surface area contributed by atoms with Crippen LogP contribution in [-0.4, -0.2) is 83.9 Å². The fourth-order valence-corrected chi connectivity index (χ4v) is 2.53. The van der Waals surface area contributed by atoms with Crippen LogP contribution < -0.4 is 5.32 Å². The van der Waals surface area contributed by atoms with E-state index in [-0.39, 0.29) is 0 Å². The maximum Gasteiger partial charge on any atom is 0.324 e. The highest BCUT2D eigenvalue weighted by molar-refractivity contribution is 5.74. The molecule has 0 aliphatic carbocycles. The van der Waals surface area contributed by atoms with E-state index >= 15 is 0 Å². The minimum absolute atomic E-state index is 0.437. The van der Waals surface area contributed by atoms with E-state index in [4.69, 9.17) is 19.7 Å². The van der Waals surface area contributed by atoms with Crippen molar-refractivity contribution in [3.8, 4) is 0 Å². The molecule has 1 aliphatic rings. The average molecular weight is 418 g/mol. The van der Waals surface area contributed by atoms with Gasteiger partial charge < -0.3 is 29.2 Å². The van der Waals surface area contributed by atoms with E-state index in [9.17, 15) is 29.4 Å². The molecule has 162 valence electrons. The number of aliphatic carboxylic acids is 1. The molecule has 0 saturated carbocycles. The Morgan fingerprint density at radius 2 is 1.79 bits per heavy atom. The highest BCUT2D eigenvalue weighted by Crippen LogP contribution is 2.26. The van der Waals surface area contributed by atoms with Gasteiger partial charge in [-0.1, -0.05) is 5.11 Å². The van der Waals surface area contributed by atoms with E-state index in [0.717, 1.165) is 20.8 Å². The number of aliphatic hydroxyl groups excluding tert-OH is 1. The molecule has 1 fully saturated rings. The van der Waals surface area contributed by atoms with Crippen LogP contribution in [0.3, 0.4) is 0 Å². The molecule has 0 unspecified atom stereocenters. The average Bonchev–Trinajstić information content (AvgIpc) is 2.61. The van der Waals surface area contributed by atoms with Crippen LogP contribution in [0.1, 0.15) is 20.8 Å². The van der Waals surface area contributed by atoms with Crippen molar-refractivity contribution >= 4 is 23.9 Å². The van der Waals surface area contributed by atoms with Gasteiger partial charge in [0.2, 0.25) is 0 Å². The molecule has 0 radical (unpaired) electrons. The Labute approximate surface area is 164 Å². The lowest BCUT2D eigenvalue weighted by Crippen LogP contribution is -2.65. The molecule has 0 bridgehead atoms. The van der Waals surface area contributed by atoms with Crippen LogP contribution >= 0.6 is 0 Å². The smallest absolute Gasteiger partial charge is 0.324 e. The van der Waals surface area contributed by atoms with Crippen molar-refractivity contribution < 1.29 is 48.3 Å². The Bertz CT molecular complexity index is 680. The molecule has 6 atom stereocenters. The zero-order valence-corrected chi connectivity index (χ0v) is 15.9. The second-order valence-electron chi connectivity index (χ2n) is 6.02. The van der Waals surface area contributed by atoms with E-state index in [1.807, 2.05) is 0 Å². The number of carbonyl (C=O) groups is 4. The summed E-state index contributed by atoms with van der Waals surface area (Å²) in [6.45, 7) is 2.26. The standard InChI is InChI=1S/C15H22N4O10/c1-6(20)26-4-9(15(24)25)17-14-11(18-19-16)12(23)13(28-8(3)22)10(29-14)5-27-7(2)21/h9-14,17,23H,4-5H2,1-3H3,(H,24,25)/t9-,10+,11+,12+,13-,14-/m0/s1. The van der Waals surface area contributed by atoms with Crippen LogP contribution in [0.5, 0.6) is 0 Å². The van der Waals surface area contributed by atoms with Gasteiger partial charge in [-0.25, -0.2) is 0 Å². The SMILES string of the molecule is CC(=O)OC[C@H](N[C@H]1O[C@H](COC(C)=O)[C@H](OC(C)=O)[C@H](O)[C@H]1N=[N+]=[N-])C(=O)O. The normalized spacial score (nSPS) is 27.1. The lowest BCUT2D eigenvalue weighted by Gasteiger charge is -2.43. The van der Waals surface area contributed by atoms with Crippen LogP contribution in [0.25, 0.3) is 10.4 Å². The first-order valence-corrected chi connectivity index (χ1v) is 8.37. The quantitative estimate of drug-likeness (QED) is 0.134. The van der Waals surface area contributed by atoms with Crippen LogP contribution in [0, 0.1) is 0 Å². The van der Waals surface area contributed by atoms with E-state index in [1.54, 1.807) is 0 Å². The topological polar surface area (TPSA) is 206 Å². The van der Waals surface area contributed by atoms with Crippen LogP contribution in [0.15, 0.2) is 5.11 Å². The molecule has 1 rings (SSSR count). The Kier molecular flexibility index (Phi) is 9.28. The number of nitrogens with one attached hydrogen (secondary N) is 1. The van der Waals surface area contributed by atoms with E-state index in [0.29, 0.717) is 0 Å². The fourth-order valence-electron chi connectivity index (χ4n) is 2.53. The molecule has 0 amide bonds. The summed E-state index contributed by atoms with van der Waals surface area (Å²) in [6, 6.07) is -2.90. The molecule has 0 aromatic carbocycles. The zero-order valence-electron chi connectivity index (χ0n) is 15.9. The number of ether oxygens (including phenoxy) is 4. The number of carboxylic acid groups (broad SMARTS) is 1. The molecule has 0 spiro atoms. The summed E-state index contributed by atoms with van der Waals surface area (Å²) in [5, 5.41) is 25.7. The Morgan fingerprint density at radius 1 is 1.17 bits per heavy atom. The van der Waals surface area contributed by atoms with Gasteiger partial charge in [-0.2, -0.15) is 0 Å². The predicted molar refractivity (Wildman–Crippen MR) is 91.0 cm³/mol. The molecule has 14 nitrogen and oxygen atoms in total. The van der Waals surface area contributed by atoms with Crippen molar-refractivity contribution in [1.82, 2.24) is 5.32 Å². The van der Waals surface area contributed by atoms with Crippen molar-refractivity contribution in [2.24, 2.45) is 5.11 Å². The lowest BCUT2D eigenvalue weighted by molar-refractivity contribution is -0.218. The first-order chi connectivity index (χ1) is 13.6. The molecule has 3 N–H and O–H groups in total. The number of carboxylic acids is 1. The molecule has 14 heteroatoms. The second kappa shape index (κ2) is 11.2. The molecule has 0 aromatic heterocycles. The zero-order chi connectivity index (χ0) is 22.1. The van der Waals surface area contributed by atoms with Crippen molar-refractivity contribution in [3.05, 3.63) is 10.4 Å². The summed E-state index contributed by atoms with van der Waals surface area (Å²) < 4.78 is 20.1. The first-order valence-electron chi connectivity index (χ1n) is 8.37. The minimum Gasteiger partial charge on any atom is -0.480 e. The number of carbonyl (C=O) groups excluding carboxylic acids is 3. The largest absolute Gasteiger partial charge is 0.480 e. The van der Waals surface area contributed by atoms with Gasteiger partial charge in [-0.3, -0.25) is 24.5 Å². The van der Waals surface area contributed by atoms with Crippen molar-refractivity contribution in [1.29, 1.82) is 0 Å². The number of aliphatic hydroxyl groups is 1. The number of esters is 3. The summed E-state index contributed by atoms with van der Waals surface area (Å²) in [5.41, 5.74) is 8.78. The van der Waals surface area contributed by atoms with Crippen LogP contribution in [0.4, 0.5) is 0 Å². The molecule has 1 heterocycles. The van der Waals surface area contributed by atoms with Gasteiger partial charge in [-0.15, -0.1) is 0 Å². The van der Waals surface area contributed by atoms with Gasteiger partial charge in [0.15, 0.2) is 6.10 Å². The molecular weight excluding hydrogens is 396 g/mol. The Balaban J connectivity index is 3.12. The highest BCUT2D eigenvalue weighted by atomic mass is 16.6. The second-order valence-corrected chi connectivity index (χ2v) is 6.02. The molecule has 0 aromatic rings. The monoisotopic (exact) mass is 418 g/mol. The number of hydrogen-bond acceptors (Lipinski definition) is 11. The summed E-state index contributed by atoms with van der Waals surface area (Å²) in [6.07, 6.45) is -5.59. The maximum atomic E-state index is 11.4. The maximum absolute atomic E-state index is 11.4.